The third kappa shape index (κ3) is 3.11. The van der Waals surface area contributed by atoms with E-state index in [0.29, 0.717) is 18.7 Å². The zero-order valence-electron chi connectivity index (χ0n) is 11.1. The molecule has 1 fully saturated rings. The lowest BCUT2D eigenvalue weighted by atomic mass is 10.1. The number of H-pyrrole nitrogens is 1. The molecule has 1 aromatic carbocycles. The maximum Gasteiger partial charge on any atom is 0.272 e. The van der Waals surface area contributed by atoms with Crippen LogP contribution in [0, 0.1) is 5.92 Å². The maximum absolute atomic E-state index is 12.2. The van der Waals surface area contributed by atoms with Gasteiger partial charge in [-0.05, 0) is 30.5 Å². The molecule has 8 heteroatoms. The van der Waals surface area contributed by atoms with Gasteiger partial charge in [-0.15, -0.1) is 0 Å². The maximum atomic E-state index is 12.2. The molecule has 0 radical (unpaired) electrons. The topological polar surface area (TPSA) is 91.9 Å². The Morgan fingerprint density at radius 3 is 3.00 bits per heavy atom. The van der Waals surface area contributed by atoms with Crippen LogP contribution in [0.2, 0.25) is 0 Å². The monoisotopic (exact) mass is 371 g/mol. The van der Waals surface area contributed by atoms with Crippen molar-refractivity contribution in [2.75, 3.05) is 18.1 Å². The average molecular weight is 372 g/mol. The van der Waals surface area contributed by atoms with Gasteiger partial charge in [0.25, 0.3) is 5.91 Å². The van der Waals surface area contributed by atoms with Crippen molar-refractivity contribution in [1.82, 2.24) is 15.5 Å². The molecular weight excluding hydrogens is 358 g/mol. The lowest BCUT2D eigenvalue weighted by Crippen LogP contribution is -2.30. The van der Waals surface area contributed by atoms with E-state index >= 15 is 0 Å². The summed E-state index contributed by atoms with van der Waals surface area (Å²) in [6, 6.07) is 5.53. The first-order valence-electron chi connectivity index (χ1n) is 6.57. The Kier molecular flexibility index (Phi) is 3.75. The van der Waals surface area contributed by atoms with E-state index in [1.807, 2.05) is 18.2 Å². The lowest BCUT2D eigenvalue weighted by molar-refractivity contribution is 0.0945. The van der Waals surface area contributed by atoms with Gasteiger partial charge in [-0.1, -0.05) is 15.9 Å². The summed E-state index contributed by atoms with van der Waals surface area (Å²) in [5.41, 5.74) is 1.11. The summed E-state index contributed by atoms with van der Waals surface area (Å²) >= 11 is 3.37. The van der Waals surface area contributed by atoms with Crippen molar-refractivity contribution < 1.29 is 13.2 Å². The summed E-state index contributed by atoms with van der Waals surface area (Å²) in [6.45, 7) is 0.362. The Morgan fingerprint density at radius 1 is 1.48 bits per heavy atom. The molecule has 0 bridgehead atoms. The number of amides is 1. The van der Waals surface area contributed by atoms with Gasteiger partial charge < -0.3 is 5.32 Å². The molecule has 112 valence electrons. The number of halogens is 1. The van der Waals surface area contributed by atoms with E-state index in [0.717, 1.165) is 15.4 Å². The van der Waals surface area contributed by atoms with Crippen LogP contribution in [-0.2, 0) is 9.84 Å². The molecule has 6 nitrogen and oxygen atoms in total. The van der Waals surface area contributed by atoms with E-state index in [2.05, 4.69) is 31.4 Å². The summed E-state index contributed by atoms with van der Waals surface area (Å²) < 4.78 is 23.7. The lowest BCUT2D eigenvalue weighted by Gasteiger charge is -2.08. The van der Waals surface area contributed by atoms with E-state index in [1.165, 1.54) is 0 Å². The smallest absolute Gasteiger partial charge is 0.272 e. The molecule has 1 aromatic heterocycles. The normalized spacial score (nSPS) is 20.7. The minimum atomic E-state index is -2.92. The van der Waals surface area contributed by atoms with Crippen molar-refractivity contribution in [3.05, 3.63) is 28.4 Å². The van der Waals surface area contributed by atoms with Crippen molar-refractivity contribution in [3.63, 3.8) is 0 Å². The molecule has 3 rings (SSSR count). The number of hydrogen-bond acceptors (Lipinski definition) is 4. The van der Waals surface area contributed by atoms with E-state index in [4.69, 9.17) is 0 Å². The van der Waals surface area contributed by atoms with Gasteiger partial charge in [-0.25, -0.2) is 8.42 Å². The van der Waals surface area contributed by atoms with Gasteiger partial charge in [-0.3, -0.25) is 9.89 Å². The van der Waals surface area contributed by atoms with Crippen LogP contribution in [0.5, 0.6) is 0 Å². The number of carbonyl (C=O) groups is 1. The summed E-state index contributed by atoms with van der Waals surface area (Å²) in [6.07, 6.45) is 0.607. The van der Waals surface area contributed by atoms with Gasteiger partial charge in [-0.2, -0.15) is 5.10 Å². The van der Waals surface area contributed by atoms with Crippen LogP contribution in [0.1, 0.15) is 16.9 Å². The number of sulfone groups is 1. The first-order chi connectivity index (χ1) is 9.94. The second kappa shape index (κ2) is 5.42. The third-order valence-corrected chi connectivity index (χ3v) is 5.95. The Hall–Kier alpha value is -1.41. The first kappa shape index (κ1) is 14.5. The Labute approximate surface area is 130 Å². The molecule has 0 aliphatic carbocycles. The highest BCUT2D eigenvalue weighted by molar-refractivity contribution is 9.10. The molecule has 0 spiro atoms. The highest BCUT2D eigenvalue weighted by atomic mass is 79.9. The summed E-state index contributed by atoms with van der Waals surface area (Å²) in [5.74, 6) is 0.0749. The Morgan fingerprint density at radius 2 is 2.29 bits per heavy atom. The minimum absolute atomic E-state index is 0.00380. The zero-order chi connectivity index (χ0) is 15.0. The fourth-order valence-corrected chi connectivity index (χ4v) is 4.74. The molecular formula is C13H14BrN3O3S. The van der Waals surface area contributed by atoms with Crippen LogP contribution in [0.3, 0.4) is 0 Å². The summed E-state index contributed by atoms with van der Waals surface area (Å²) in [4.78, 5) is 12.2. The first-order valence-corrected chi connectivity index (χ1v) is 9.18. The molecule has 21 heavy (non-hydrogen) atoms. The number of nitrogens with one attached hydrogen (secondary N) is 2. The van der Waals surface area contributed by atoms with E-state index < -0.39 is 9.84 Å². The quantitative estimate of drug-likeness (QED) is 0.854. The van der Waals surface area contributed by atoms with E-state index in [1.54, 1.807) is 0 Å². The molecule has 1 amide bonds. The fraction of sp³-hybridized carbons (Fsp3) is 0.385. The minimum Gasteiger partial charge on any atom is -0.350 e. The predicted octanol–water partition coefficient (Wildman–Crippen LogP) is 1.49. The van der Waals surface area contributed by atoms with Crippen LogP contribution in [0.15, 0.2) is 22.7 Å². The van der Waals surface area contributed by atoms with Gasteiger partial charge in [0.2, 0.25) is 0 Å². The molecule has 2 heterocycles. The van der Waals surface area contributed by atoms with Crippen LogP contribution >= 0.6 is 15.9 Å². The van der Waals surface area contributed by atoms with Crippen molar-refractivity contribution in [1.29, 1.82) is 0 Å². The highest BCUT2D eigenvalue weighted by Gasteiger charge is 2.28. The largest absolute Gasteiger partial charge is 0.350 e. The number of rotatable bonds is 3. The number of aromatic nitrogens is 2. The van der Waals surface area contributed by atoms with Crippen molar-refractivity contribution >= 4 is 42.6 Å². The molecule has 2 aromatic rings. The third-order valence-electron chi connectivity index (χ3n) is 3.62. The van der Waals surface area contributed by atoms with Gasteiger partial charge in [0.1, 0.15) is 0 Å². The molecule has 1 saturated heterocycles. The van der Waals surface area contributed by atoms with E-state index in [-0.39, 0.29) is 23.3 Å². The molecule has 0 saturated carbocycles. The van der Waals surface area contributed by atoms with Crippen molar-refractivity contribution in [2.45, 2.75) is 6.42 Å². The second-order valence-corrected chi connectivity index (χ2v) is 8.39. The molecule has 2 N–H and O–H groups in total. The number of nitrogens with zero attached hydrogens (tertiary/aromatic N) is 1. The highest BCUT2D eigenvalue weighted by Crippen LogP contribution is 2.21. The van der Waals surface area contributed by atoms with Gasteiger partial charge in [0.05, 0.1) is 17.0 Å². The predicted molar refractivity (Wildman–Crippen MR) is 82.9 cm³/mol. The van der Waals surface area contributed by atoms with Crippen LogP contribution in [-0.4, -0.2) is 42.6 Å². The number of aromatic amines is 1. The van der Waals surface area contributed by atoms with Crippen LogP contribution in [0.25, 0.3) is 10.9 Å². The standard InChI is InChI=1S/C13H14BrN3O3S/c14-9-1-2-11-10(5-9)12(17-16-11)13(18)15-6-8-3-4-21(19,20)7-8/h1-2,5,8H,3-4,6-7H2,(H,15,18)(H,16,17). The molecule has 1 aliphatic heterocycles. The molecule has 1 atom stereocenters. The zero-order valence-corrected chi connectivity index (χ0v) is 13.5. The van der Waals surface area contributed by atoms with Crippen LogP contribution in [0.4, 0.5) is 0 Å². The number of hydrogen-bond donors (Lipinski definition) is 2. The van der Waals surface area contributed by atoms with Gasteiger partial charge >= 0.3 is 0 Å². The van der Waals surface area contributed by atoms with E-state index in [9.17, 15) is 13.2 Å². The number of benzene rings is 1. The second-order valence-electron chi connectivity index (χ2n) is 5.24. The summed E-state index contributed by atoms with van der Waals surface area (Å²) in [5, 5.41) is 10.4. The van der Waals surface area contributed by atoms with Gasteiger partial charge in [0, 0.05) is 16.4 Å². The van der Waals surface area contributed by atoms with Crippen molar-refractivity contribution in [3.8, 4) is 0 Å². The van der Waals surface area contributed by atoms with Crippen molar-refractivity contribution in [2.24, 2.45) is 5.92 Å². The van der Waals surface area contributed by atoms with Crippen LogP contribution < -0.4 is 5.32 Å². The van der Waals surface area contributed by atoms with Gasteiger partial charge in [0.15, 0.2) is 15.5 Å². The summed E-state index contributed by atoms with van der Waals surface area (Å²) in [7, 11) is -2.92. The Bertz CT molecular complexity index is 800. The SMILES string of the molecule is O=C(NCC1CCS(=O)(=O)C1)c1n[nH]c2ccc(Br)cc12. The average Bonchev–Trinajstić information content (AvgIpc) is 2.99. The Balaban J connectivity index is 1.71. The number of fused-ring (bicyclic) bond motifs is 1. The molecule has 1 unspecified atom stereocenters. The fourth-order valence-electron chi connectivity index (χ4n) is 2.51. The molecule has 1 aliphatic rings. The number of carbonyl (C=O) groups excluding carboxylic acids is 1.